The van der Waals surface area contributed by atoms with Crippen molar-refractivity contribution in [2.75, 3.05) is 31.5 Å². The molecule has 3 nitrogen and oxygen atoms in total. The average molecular weight is 380 g/mol. The highest BCUT2D eigenvalue weighted by atomic mass is 35.5. The number of nitrogens with one attached hydrogen (secondary N) is 1. The van der Waals surface area contributed by atoms with Crippen LogP contribution in [0.5, 0.6) is 0 Å². The molecule has 0 saturated carbocycles. The van der Waals surface area contributed by atoms with Crippen LogP contribution in [-0.2, 0) is 6.54 Å². The Bertz CT molecular complexity index is 715. The van der Waals surface area contributed by atoms with Gasteiger partial charge >= 0.3 is 0 Å². The van der Waals surface area contributed by atoms with Gasteiger partial charge < -0.3 is 10.2 Å². The summed E-state index contributed by atoms with van der Waals surface area (Å²) in [5, 5.41) is 5.54. The van der Waals surface area contributed by atoms with Gasteiger partial charge in [-0.05, 0) is 42.0 Å². The molecule has 0 bridgehead atoms. The third-order valence-electron chi connectivity index (χ3n) is 4.09. The molecule has 1 aliphatic rings. The van der Waals surface area contributed by atoms with E-state index in [-0.39, 0.29) is 0 Å². The first kappa shape index (κ1) is 17.5. The van der Waals surface area contributed by atoms with E-state index in [4.69, 9.17) is 35.4 Å². The minimum absolute atomic E-state index is 0.701. The van der Waals surface area contributed by atoms with E-state index in [1.165, 1.54) is 5.56 Å². The molecular formula is C18H19Cl2N3S. The van der Waals surface area contributed by atoms with E-state index >= 15 is 0 Å². The molecule has 24 heavy (non-hydrogen) atoms. The van der Waals surface area contributed by atoms with Gasteiger partial charge in [-0.2, -0.15) is 0 Å². The Kier molecular flexibility index (Phi) is 5.95. The number of piperazine rings is 1. The second kappa shape index (κ2) is 8.17. The molecule has 1 aliphatic heterocycles. The lowest BCUT2D eigenvalue weighted by Crippen LogP contribution is -2.49. The molecule has 0 spiro atoms. The zero-order valence-corrected chi connectivity index (χ0v) is 15.5. The third kappa shape index (κ3) is 4.61. The van der Waals surface area contributed by atoms with Crippen LogP contribution in [0.3, 0.4) is 0 Å². The van der Waals surface area contributed by atoms with Gasteiger partial charge in [-0.3, -0.25) is 4.90 Å². The van der Waals surface area contributed by atoms with Crippen molar-refractivity contribution in [1.29, 1.82) is 0 Å². The van der Waals surface area contributed by atoms with Gasteiger partial charge in [0, 0.05) is 48.5 Å². The van der Waals surface area contributed by atoms with Gasteiger partial charge in [0.2, 0.25) is 0 Å². The average Bonchev–Trinajstić information content (AvgIpc) is 2.57. The maximum Gasteiger partial charge on any atom is 0.173 e. The molecule has 2 aromatic carbocycles. The number of hydrogen-bond donors (Lipinski definition) is 1. The fourth-order valence-electron chi connectivity index (χ4n) is 2.75. The summed E-state index contributed by atoms with van der Waals surface area (Å²) in [6.45, 7) is 4.60. The van der Waals surface area contributed by atoms with Crippen molar-refractivity contribution in [3.05, 3.63) is 64.1 Å². The van der Waals surface area contributed by atoms with Gasteiger partial charge in [0.05, 0.1) is 0 Å². The Morgan fingerprint density at radius 3 is 2.46 bits per heavy atom. The first-order valence-electron chi connectivity index (χ1n) is 7.89. The molecule has 0 unspecified atom stereocenters. The van der Waals surface area contributed by atoms with Crippen LogP contribution in [0, 0.1) is 0 Å². The van der Waals surface area contributed by atoms with Crippen molar-refractivity contribution >= 4 is 46.2 Å². The highest BCUT2D eigenvalue weighted by Crippen LogP contribution is 2.19. The first-order valence-corrected chi connectivity index (χ1v) is 9.05. The fraction of sp³-hybridized carbons (Fsp3) is 0.278. The van der Waals surface area contributed by atoms with Gasteiger partial charge in [0.1, 0.15) is 0 Å². The maximum atomic E-state index is 6.25. The highest BCUT2D eigenvalue weighted by Gasteiger charge is 2.19. The van der Waals surface area contributed by atoms with Crippen LogP contribution in [0.4, 0.5) is 5.69 Å². The summed E-state index contributed by atoms with van der Waals surface area (Å²) in [5.74, 6) is 0. The van der Waals surface area contributed by atoms with Crippen LogP contribution in [0.25, 0.3) is 0 Å². The molecule has 0 amide bonds. The Hall–Kier alpha value is -1.33. The zero-order chi connectivity index (χ0) is 16.9. The molecule has 1 fully saturated rings. The smallest absolute Gasteiger partial charge is 0.173 e. The van der Waals surface area contributed by atoms with Crippen LogP contribution in [0.15, 0.2) is 48.5 Å². The fourth-order valence-corrected chi connectivity index (χ4v) is 3.43. The van der Waals surface area contributed by atoms with E-state index in [1.807, 2.05) is 42.5 Å². The van der Waals surface area contributed by atoms with E-state index in [0.29, 0.717) is 5.02 Å². The lowest BCUT2D eigenvalue weighted by molar-refractivity contribution is 0.177. The molecule has 126 valence electrons. The maximum absolute atomic E-state index is 6.25. The topological polar surface area (TPSA) is 18.5 Å². The van der Waals surface area contributed by atoms with E-state index in [1.54, 1.807) is 0 Å². The molecule has 1 N–H and O–H groups in total. The van der Waals surface area contributed by atoms with Crippen molar-refractivity contribution in [3.8, 4) is 0 Å². The Morgan fingerprint density at radius 1 is 1.00 bits per heavy atom. The second-order valence-corrected chi connectivity index (χ2v) is 7.03. The van der Waals surface area contributed by atoms with Crippen LogP contribution in [0.2, 0.25) is 10.0 Å². The predicted octanol–water partition coefficient (Wildman–Crippen LogP) is 4.51. The number of anilines is 1. The normalized spacial score (nSPS) is 15.3. The summed E-state index contributed by atoms with van der Waals surface area (Å²) in [6.07, 6.45) is 0. The minimum atomic E-state index is 0.701. The summed E-state index contributed by atoms with van der Waals surface area (Å²) in [7, 11) is 0. The molecular weight excluding hydrogens is 361 g/mol. The summed E-state index contributed by atoms with van der Waals surface area (Å²) in [4.78, 5) is 4.60. The van der Waals surface area contributed by atoms with Crippen molar-refractivity contribution < 1.29 is 0 Å². The third-order valence-corrected chi connectivity index (χ3v) is 5.05. The van der Waals surface area contributed by atoms with Gasteiger partial charge in [0.15, 0.2) is 5.11 Å². The van der Waals surface area contributed by atoms with Crippen LogP contribution in [-0.4, -0.2) is 41.1 Å². The molecule has 1 heterocycles. The molecule has 0 aliphatic carbocycles. The molecule has 2 aromatic rings. The first-order chi connectivity index (χ1) is 11.6. The highest BCUT2D eigenvalue weighted by molar-refractivity contribution is 7.80. The van der Waals surface area contributed by atoms with Gasteiger partial charge in [-0.25, -0.2) is 0 Å². The van der Waals surface area contributed by atoms with Crippen molar-refractivity contribution in [3.63, 3.8) is 0 Å². The molecule has 0 aromatic heterocycles. The van der Waals surface area contributed by atoms with E-state index in [2.05, 4.69) is 21.2 Å². The quantitative estimate of drug-likeness (QED) is 0.790. The lowest BCUT2D eigenvalue weighted by atomic mass is 10.2. The van der Waals surface area contributed by atoms with Gasteiger partial charge in [0.25, 0.3) is 0 Å². The Labute approximate surface area is 158 Å². The van der Waals surface area contributed by atoms with Gasteiger partial charge in [-0.1, -0.05) is 47.5 Å². The van der Waals surface area contributed by atoms with Crippen LogP contribution in [0.1, 0.15) is 5.56 Å². The molecule has 1 saturated heterocycles. The van der Waals surface area contributed by atoms with Crippen molar-refractivity contribution in [2.45, 2.75) is 6.54 Å². The zero-order valence-electron chi connectivity index (χ0n) is 13.2. The van der Waals surface area contributed by atoms with Crippen molar-refractivity contribution in [1.82, 2.24) is 9.80 Å². The lowest BCUT2D eigenvalue weighted by Gasteiger charge is -2.36. The van der Waals surface area contributed by atoms with Crippen LogP contribution < -0.4 is 5.32 Å². The monoisotopic (exact) mass is 379 g/mol. The summed E-state index contributed by atoms with van der Waals surface area (Å²) >= 11 is 17.8. The second-order valence-electron chi connectivity index (χ2n) is 5.80. The molecule has 6 heteroatoms. The van der Waals surface area contributed by atoms with E-state index in [0.717, 1.165) is 48.5 Å². The minimum Gasteiger partial charge on any atom is -0.346 e. The molecule has 3 rings (SSSR count). The van der Waals surface area contributed by atoms with Gasteiger partial charge in [-0.15, -0.1) is 0 Å². The summed E-state index contributed by atoms with van der Waals surface area (Å²) < 4.78 is 0. The number of benzene rings is 2. The number of hydrogen-bond acceptors (Lipinski definition) is 2. The largest absolute Gasteiger partial charge is 0.346 e. The SMILES string of the molecule is S=C(Nc1cccc(Cl)c1)N1CCN(Cc2ccccc2Cl)CC1. The predicted molar refractivity (Wildman–Crippen MR) is 106 cm³/mol. The number of thiocarbonyl (C=S) groups is 1. The number of halogens is 2. The molecule has 0 atom stereocenters. The van der Waals surface area contributed by atoms with Crippen molar-refractivity contribution in [2.24, 2.45) is 0 Å². The van der Waals surface area contributed by atoms with E-state index < -0.39 is 0 Å². The Balaban J connectivity index is 1.51. The van der Waals surface area contributed by atoms with E-state index in [9.17, 15) is 0 Å². The number of rotatable bonds is 3. The number of nitrogens with zero attached hydrogens (tertiary/aromatic N) is 2. The molecule has 0 radical (unpaired) electrons. The van der Waals surface area contributed by atoms with Crippen LogP contribution >= 0.6 is 35.4 Å². The standard InChI is InChI=1S/C18H19Cl2N3S/c19-15-5-3-6-16(12-15)21-18(24)23-10-8-22(9-11-23)13-14-4-1-2-7-17(14)20/h1-7,12H,8-11,13H2,(H,21,24). The summed E-state index contributed by atoms with van der Waals surface area (Å²) in [6, 6.07) is 15.6. The Morgan fingerprint density at radius 2 is 1.75 bits per heavy atom. The summed E-state index contributed by atoms with van der Waals surface area (Å²) in [5.41, 5.74) is 2.10.